The van der Waals surface area contributed by atoms with Gasteiger partial charge in [0.2, 0.25) is 11.6 Å². The van der Waals surface area contributed by atoms with Crippen LogP contribution in [0.3, 0.4) is 0 Å². The molecular weight excluding hydrogens is 392 g/mol. The molecule has 1 aliphatic rings. The molecule has 6 rings (SSSR count). The lowest BCUT2D eigenvalue weighted by Crippen LogP contribution is -2.41. The molecular formula is C30H18O2. The van der Waals surface area contributed by atoms with Crippen molar-refractivity contribution in [2.45, 2.75) is 0 Å². The monoisotopic (exact) mass is 410 g/mol. The van der Waals surface area contributed by atoms with E-state index in [0.29, 0.717) is 11.1 Å². The zero-order chi connectivity index (χ0) is 21.7. The molecule has 2 nitrogen and oxygen atoms in total. The first kappa shape index (κ1) is 18.5. The molecule has 5 aromatic rings. The second kappa shape index (κ2) is 7.14. The molecule has 0 fully saturated rings. The van der Waals surface area contributed by atoms with Gasteiger partial charge in [0.15, 0.2) is 0 Å². The molecule has 0 saturated carbocycles. The maximum absolute atomic E-state index is 13.4. The number of carbonyl (C=O) groups is 2. The molecule has 0 N–H and O–H groups in total. The van der Waals surface area contributed by atoms with Gasteiger partial charge < -0.3 is 0 Å². The summed E-state index contributed by atoms with van der Waals surface area (Å²) >= 11 is 0. The predicted octanol–water partition coefficient (Wildman–Crippen LogP) is 4.54. The molecule has 1 aliphatic carbocycles. The van der Waals surface area contributed by atoms with Crippen LogP contribution in [-0.2, 0) is 9.59 Å². The van der Waals surface area contributed by atoms with Gasteiger partial charge in [-0.15, -0.1) is 0 Å². The average Bonchev–Trinajstić information content (AvgIpc) is 2.84. The molecule has 150 valence electrons. The maximum atomic E-state index is 13.4. The van der Waals surface area contributed by atoms with Crippen molar-refractivity contribution < 1.29 is 9.59 Å². The average molecular weight is 410 g/mol. The summed E-state index contributed by atoms with van der Waals surface area (Å²) in [6, 6.07) is 35.6. The van der Waals surface area contributed by atoms with Crippen molar-refractivity contribution in [2.24, 2.45) is 0 Å². The topological polar surface area (TPSA) is 34.1 Å². The Morgan fingerprint density at radius 2 is 0.750 bits per heavy atom. The Labute approximate surface area is 184 Å². The van der Waals surface area contributed by atoms with E-state index in [9.17, 15) is 9.59 Å². The van der Waals surface area contributed by atoms with Gasteiger partial charge in [-0.3, -0.25) is 9.59 Å². The fraction of sp³-hybridized carbons (Fsp3) is 0. The Hall–Kier alpha value is -4.30. The Morgan fingerprint density at radius 3 is 1.16 bits per heavy atom. The van der Waals surface area contributed by atoms with Crippen LogP contribution >= 0.6 is 0 Å². The number of Topliss-reactive ketones (excluding diaryl/α,β-unsaturated/α-hetero) is 2. The maximum Gasteiger partial charge on any atom is 0.234 e. The smallest absolute Gasteiger partial charge is 0.234 e. The highest BCUT2D eigenvalue weighted by Gasteiger charge is 2.30. The van der Waals surface area contributed by atoms with Crippen LogP contribution in [-0.4, -0.2) is 11.6 Å². The lowest BCUT2D eigenvalue weighted by Gasteiger charge is -2.17. The van der Waals surface area contributed by atoms with E-state index in [1.165, 1.54) is 0 Å². The second-order valence-electron chi connectivity index (χ2n) is 8.08. The zero-order valence-corrected chi connectivity index (χ0v) is 17.2. The van der Waals surface area contributed by atoms with Gasteiger partial charge >= 0.3 is 0 Å². The van der Waals surface area contributed by atoms with E-state index < -0.39 is 11.6 Å². The summed E-state index contributed by atoms with van der Waals surface area (Å²) in [5, 5.41) is 6.00. The summed E-state index contributed by atoms with van der Waals surface area (Å²) in [4.78, 5) is 26.8. The molecule has 0 unspecified atom stereocenters. The first-order valence-electron chi connectivity index (χ1n) is 10.6. The van der Waals surface area contributed by atoms with Crippen molar-refractivity contribution in [3.63, 3.8) is 0 Å². The van der Waals surface area contributed by atoms with Crippen molar-refractivity contribution in [3.8, 4) is 0 Å². The van der Waals surface area contributed by atoms with E-state index >= 15 is 0 Å². The SMILES string of the molecule is O=C1C(=O)C(c2ccccc2)=c2cc3cc4ccccc4cc3cc2=C1c1ccccc1. The van der Waals surface area contributed by atoms with Crippen molar-refractivity contribution in [2.75, 3.05) is 0 Å². The molecule has 0 amide bonds. The molecule has 0 spiro atoms. The largest absolute Gasteiger partial charge is 0.285 e. The molecule has 0 saturated heterocycles. The first-order valence-corrected chi connectivity index (χ1v) is 10.6. The molecule has 0 radical (unpaired) electrons. The molecule has 0 bridgehead atoms. The minimum Gasteiger partial charge on any atom is -0.285 e. The number of hydrogen-bond donors (Lipinski definition) is 0. The number of rotatable bonds is 2. The van der Waals surface area contributed by atoms with Gasteiger partial charge in [0.05, 0.1) is 0 Å². The number of carbonyl (C=O) groups excluding carboxylic acids is 2. The quantitative estimate of drug-likeness (QED) is 0.316. The summed E-state index contributed by atoms with van der Waals surface area (Å²) in [5.74, 6) is -0.912. The summed E-state index contributed by atoms with van der Waals surface area (Å²) in [6.07, 6.45) is 0. The third-order valence-corrected chi connectivity index (χ3v) is 6.17. The van der Waals surface area contributed by atoms with Gasteiger partial charge in [0, 0.05) is 11.1 Å². The van der Waals surface area contributed by atoms with Gasteiger partial charge in [-0.05, 0) is 67.4 Å². The molecule has 0 heterocycles. The fourth-order valence-electron chi connectivity index (χ4n) is 4.66. The molecule has 0 atom stereocenters. The summed E-state index contributed by atoms with van der Waals surface area (Å²) in [5.41, 5.74) is 2.47. The van der Waals surface area contributed by atoms with Crippen LogP contribution in [0.25, 0.3) is 32.7 Å². The highest BCUT2D eigenvalue weighted by molar-refractivity contribution is 6.65. The molecule has 5 aromatic carbocycles. The molecule has 32 heavy (non-hydrogen) atoms. The third kappa shape index (κ3) is 2.81. The van der Waals surface area contributed by atoms with Crippen LogP contribution in [0.5, 0.6) is 0 Å². The van der Waals surface area contributed by atoms with Crippen molar-refractivity contribution in [1.82, 2.24) is 0 Å². The van der Waals surface area contributed by atoms with Crippen LogP contribution in [0.1, 0.15) is 11.1 Å². The normalized spacial score (nSPS) is 13.6. The lowest BCUT2D eigenvalue weighted by atomic mass is 9.84. The number of ketones is 2. The Kier molecular flexibility index (Phi) is 4.12. The zero-order valence-electron chi connectivity index (χ0n) is 17.2. The molecule has 0 aromatic heterocycles. The van der Waals surface area contributed by atoms with Crippen molar-refractivity contribution in [3.05, 3.63) is 131 Å². The summed E-state index contributed by atoms with van der Waals surface area (Å²) in [6.45, 7) is 0. The van der Waals surface area contributed by atoms with Crippen molar-refractivity contribution >= 4 is 44.3 Å². The minimum absolute atomic E-state index is 0.456. The molecule has 0 aliphatic heterocycles. The van der Waals surface area contributed by atoms with Gasteiger partial charge in [0.1, 0.15) is 0 Å². The minimum atomic E-state index is -0.456. The summed E-state index contributed by atoms with van der Waals surface area (Å²) < 4.78 is 0. The first-order chi connectivity index (χ1) is 15.7. The second-order valence-corrected chi connectivity index (χ2v) is 8.08. The van der Waals surface area contributed by atoms with E-state index in [2.05, 4.69) is 36.4 Å². The Morgan fingerprint density at radius 1 is 0.375 bits per heavy atom. The predicted molar refractivity (Wildman–Crippen MR) is 129 cm³/mol. The van der Waals surface area contributed by atoms with Crippen LogP contribution in [0.4, 0.5) is 0 Å². The van der Waals surface area contributed by atoms with Crippen LogP contribution in [0.15, 0.2) is 109 Å². The molecule has 2 heteroatoms. The Bertz CT molecular complexity index is 1550. The fourth-order valence-corrected chi connectivity index (χ4v) is 4.66. The Balaban J connectivity index is 1.85. The van der Waals surface area contributed by atoms with Crippen LogP contribution in [0.2, 0.25) is 0 Å². The highest BCUT2D eigenvalue weighted by atomic mass is 16.2. The number of fused-ring (bicyclic) bond motifs is 3. The standard InChI is InChI=1S/C30H18O2/c31-29-27(19-9-3-1-4-10-19)25-17-23-15-21-13-7-8-14-22(21)16-24(23)18-26(25)28(30(29)32)20-11-5-2-6-12-20/h1-18H. The van der Waals surface area contributed by atoms with E-state index in [0.717, 1.165) is 43.1 Å². The van der Waals surface area contributed by atoms with Gasteiger partial charge in [-0.25, -0.2) is 0 Å². The van der Waals surface area contributed by atoms with E-state index in [-0.39, 0.29) is 0 Å². The number of benzene rings is 5. The number of hydrogen-bond acceptors (Lipinski definition) is 2. The highest BCUT2D eigenvalue weighted by Crippen LogP contribution is 2.25. The van der Waals surface area contributed by atoms with Gasteiger partial charge in [0.25, 0.3) is 0 Å². The van der Waals surface area contributed by atoms with Gasteiger partial charge in [-0.2, -0.15) is 0 Å². The van der Waals surface area contributed by atoms with Gasteiger partial charge in [-0.1, -0.05) is 84.9 Å². The third-order valence-electron chi connectivity index (χ3n) is 6.17. The van der Waals surface area contributed by atoms with Crippen molar-refractivity contribution in [1.29, 1.82) is 0 Å². The van der Waals surface area contributed by atoms with E-state index in [4.69, 9.17) is 0 Å². The lowest BCUT2D eigenvalue weighted by molar-refractivity contribution is -0.129. The van der Waals surface area contributed by atoms with Crippen LogP contribution < -0.4 is 10.4 Å². The summed E-state index contributed by atoms with van der Waals surface area (Å²) in [7, 11) is 0. The van der Waals surface area contributed by atoms with E-state index in [1.807, 2.05) is 72.8 Å². The van der Waals surface area contributed by atoms with Crippen LogP contribution in [0, 0.1) is 0 Å². The van der Waals surface area contributed by atoms with E-state index in [1.54, 1.807) is 0 Å².